The van der Waals surface area contributed by atoms with E-state index in [0.29, 0.717) is 23.3 Å². The number of benzene rings is 1. The van der Waals surface area contributed by atoms with Crippen LogP contribution in [0.5, 0.6) is 5.75 Å². The minimum absolute atomic E-state index is 0.114. The molecule has 2 aromatic rings. The van der Waals surface area contributed by atoms with Crippen LogP contribution in [0.1, 0.15) is 33.5 Å². The van der Waals surface area contributed by atoms with Crippen molar-refractivity contribution >= 4 is 29.4 Å². The molecular weight excluding hydrogens is 376 g/mol. The van der Waals surface area contributed by atoms with E-state index in [2.05, 4.69) is 48.4 Å². The zero-order valence-corrected chi connectivity index (χ0v) is 17.4. The molecule has 0 aliphatic rings. The average Bonchev–Trinajstić information content (AvgIpc) is 2.97. The Morgan fingerprint density at radius 3 is 2.31 bits per heavy atom. The van der Waals surface area contributed by atoms with Crippen molar-refractivity contribution in [2.24, 2.45) is 11.8 Å². The van der Waals surface area contributed by atoms with Crippen molar-refractivity contribution in [3.63, 3.8) is 0 Å². The van der Waals surface area contributed by atoms with Crippen molar-refractivity contribution in [3.8, 4) is 5.75 Å². The lowest BCUT2D eigenvalue weighted by molar-refractivity contribution is 0.144. The van der Waals surface area contributed by atoms with E-state index in [9.17, 15) is 9.59 Å². The number of aromatic nitrogens is 1. The van der Waals surface area contributed by atoms with Gasteiger partial charge in [0.05, 0.1) is 11.4 Å². The van der Waals surface area contributed by atoms with Crippen LogP contribution in [0.2, 0.25) is 0 Å². The molecule has 0 spiro atoms. The van der Waals surface area contributed by atoms with Crippen LogP contribution in [0.3, 0.4) is 0 Å². The van der Waals surface area contributed by atoms with Crippen molar-refractivity contribution in [2.45, 2.75) is 34.6 Å². The number of aryl methyl sites for hydroxylation is 1. The molecule has 2 rings (SSSR count). The fourth-order valence-corrected chi connectivity index (χ4v) is 2.90. The molecule has 1 aromatic carbocycles. The number of amides is 2. The number of nitrogens with one attached hydrogen (secondary N) is 2. The van der Waals surface area contributed by atoms with Gasteiger partial charge in [-0.25, -0.2) is 9.59 Å². The number of urea groups is 1. The summed E-state index contributed by atoms with van der Waals surface area (Å²) in [5.41, 5.74) is 1.21. The van der Waals surface area contributed by atoms with Crippen molar-refractivity contribution in [2.75, 3.05) is 28.6 Å². The SMILES string of the molecule is Cc1cc(NC(=O)Nc2cc(OC(=O)O)ccc2N(CC(C)C)CC(C)C)no1. The molecule has 2 amide bonds. The van der Waals surface area contributed by atoms with E-state index in [1.54, 1.807) is 25.1 Å². The van der Waals surface area contributed by atoms with E-state index in [1.165, 1.54) is 6.07 Å². The second-order valence-electron chi connectivity index (χ2n) is 7.64. The molecule has 1 heterocycles. The van der Waals surface area contributed by atoms with Crippen LogP contribution in [0, 0.1) is 18.8 Å². The number of ether oxygens (including phenoxy) is 1. The third kappa shape index (κ3) is 7.02. The predicted molar refractivity (Wildman–Crippen MR) is 111 cm³/mol. The Labute approximate surface area is 170 Å². The third-order valence-electron chi connectivity index (χ3n) is 3.80. The van der Waals surface area contributed by atoms with Crippen molar-refractivity contribution in [3.05, 3.63) is 30.0 Å². The highest BCUT2D eigenvalue weighted by molar-refractivity contribution is 6.01. The number of carboxylic acid groups (broad SMARTS) is 1. The summed E-state index contributed by atoms with van der Waals surface area (Å²) in [4.78, 5) is 25.5. The van der Waals surface area contributed by atoms with Crippen LogP contribution < -0.4 is 20.3 Å². The molecule has 0 saturated heterocycles. The largest absolute Gasteiger partial charge is 0.511 e. The summed E-state index contributed by atoms with van der Waals surface area (Å²) in [6.45, 7) is 11.7. The fourth-order valence-electron chi connectivity index (χ4n) is 2.90. The molecule has 0 fully saturated rings. The summed E-state index contributed by atoms with van der Waals surface area (Å²) in [6, 6.07) is 5.88. The Hall–Kier alpha value is -3.23. The lowest BCUT2D eigenvalue weighted by Gasteiger charge is -2.30. The van der Waals surface area contributed by atoms with Gasteiger partial charge in [-0.3, -0.25) is 5.32 Å². The highest BCUT2D eigenvalue weighted by atomic mass is 16.7. The summed E-state index contributed by atoms with van der Waals surface area (Å²) < 4.78 is 9.70. The zero-order chi connectivity index (χ0) is 21.6. The van der Waals surface area contributed by atoms with E-state index in [4.69, 9.17) is 14.4 Å². The zero-order valence-electron chi connectivity index (χ0n) is 17.4. The van der Waals surface area contributed by atoms with Gasteiger partial charge >= 0.3 is 12.2 Å². The summed E-state index contributed by atoms with van der Waals surface area (Å²) in [5.74, 6) is 1.74. The van der Waals surface area contributed by atoms with Gasteiger partial charge in [-0.05, 0) is 30.9 Å². The molecule has 0 aliphatic heterocycles. The lowest BCUT2D eigenvalue weighted by atomic mass is 10.1. The van der Waals surface area contributed by atoms with Crippen molar-refractivity contribution in [1.29, 1.82) is 0 Å². The monoisotopic (exact) mass is 404 g/mol. The van der Waals surface area contributed by atoms with Gasteiger partial charge in [0.15, 0.2) is 5.82 Å². The number of rotatable bonds is 8. The first kappa shape index (κ1) is 22.1. The molecule has 1 aromatic heterocycles. The van der Waals surface area contributed by atoms with Crippen LogP contribution in [0.15, 0.2) is 28.8 Å². The summed E-state index contributed by atoms with van der Waals surface area (Å²) in [5, 5.41) is 18.0. The molecule has 0 radical (unpaired) electrons. The van der Waals surface area contributed by atoms with Crippen LogP contribution >= 0.6 is 0 Å². The van der Waals surface area contributed by atoms with Gasteiger partial charge in [-0.2, -0.15) is 0 Å². The van der Waals surface area contributed by atoms with Crippen LogP contribution in [-0.4, -0.2) is 35.5 Å². The first-order chi connectivity index (χ1) is 13.6. The van der Waals surface area contributed by atoms with Gasteiger partial charge in [0.2, 0.25) is 0 Å². The Bertz CT molecular complexity index is 837. The van der Waals surface area contributed by atoms with Gasteiger partial charge in [-0.15, -0.1) is 0 Å². The van der Waals surface area contributed by atoms with Crippen LogP contribution in [-0.2, 0) is 0 Å². The summed E-state index contributed by atoms with van der Waals surface area (Å²) in [7, 11) is 0. The molecule has 0 bridgehead atoms. The maximum Gasteiger partial charge on any atom is 0.511 e. The molecule has 9 heteroatoms. The number of nitrogens with zero attached hydrogens (tertiary/aromatic N) is 2. The molecule has 0 unspecified atom stereocenters. The molecular formula is C20H28N4O5. The van der Waals surface area contributed by atoms with E-state index in [0.717, 1.165) is 18.8 Å². The molecule has 0 saturated carbocycles. The second kappa shape index (κ2) is 9.81. The second-order valence-corrected chi connectivity index (χ2v) is 7.64. The molecule has 158 valence electrons. The summed E-state index contributed by atoms with van der Waals surface area (Å²) in [6.07, 6.45) is -1.42. The Morgan fingerprint density at radius 1 is 1.14 bits per heavy atom. The number of hydrogen-bond acceptors (Lipinski definition) is 6. The maximum absolute atomic E-state index is 12.5. The van der Waals surface area contributed by atoms with Gasteiger partial charge < -0.3 is 24.6 Å². The maximum atomic E-state index is 12.5. The number of carbonyl (C=O) groups excluding carboxylic acids is 1. The minimum Gasteiger partial charge on any atom is -0.449 e. The van der Waals surface area contributed by atoms with E-state index < -0.39 is 12.2 Å². The van der Waals surface area contributed by atoms with Crippen LogP contribution in [0.25, 0.3) is 0 Å². The van der Waals surface area contributed by atoms with E-state index >= 15 is 0 Å². The molecule has 0 aliphatic carbocycles. The Balaban J connectivity index is 2.32. The smallest absolute Gasteiger partial charge is 0.449 e. The average molecular weight is 404 g/mol. The predicted octanol–water partition coefficient (Wildman–Crippen LogP) is 4.80. The molecule has 9 nitrogen and oxygen atoms in total. The van der Waals surface area contributed by atoms with Crippen LogP contribution in [0.4, 0.5) is 26.8 Å². The van der Waals surface area contributed by atoms with Gasteiger partial charge in [0, 0.05) is 25.2 Å². The Morgan fingerprint density at radius 2 is 1.79 bits per heavy atom. The number of hydrogen-bond donors (Lipinski definition) is 3. The van der Waals surface area contributed by atoms with E-state index in [-0.39, 0.29) is 11.6 Å². The lowest BCUT2D eigenvalue weighted by Crippen LogP contribution is -2.32. The Kier molecular flexibility index (Phi) is 7.46. The first-order valence-electron chi connectivity index (χ1n) is 9.45. The quantitative estimate of drug-likeness (QED) is 0.427. The topological polar surface area (TPSA) is 117 Å². The standard InChI is InChI=1S/C20H28N4O5/c1-12(2)10-24(11-13(3)4)17-7-6-15(28-20(26)27)9-16(17)21-19(25)22-18-8-14(5)29-23-18/h6-9,12-13H,10-11H2,1-5H3,(H,26,27)(H2,21,22,23,25). The molecule has 3 N–H and O–H groups in total. The summed E-state index contributed by atoms with van der Waals surface area (Å²) >= 11 is 0. The number of anilines is 3. The highest BCUT2D eigenvalue weighted by Crippen LogP contribution is 2.32. The third-order valence-corrected chi connectivity index (χ3v) is 3.80. The van der Waals surface area contributed by atoms with Gasteiger partial charge in [-0.1, -0.05) is 32.9 Å². The first-order valence-corrected chi connectivity index (χ1v) is 9.45. The fraction of sp³-hybridized carbons (Fsp3) is 0.450. The normalized spacial score (nSPS) is 10.9. The molecule has 0 atom stereocenters. The number of carbonyl (C=O) groups is 2. The van der Waals surface area contributed by atoms with Gasteiger partial charge in [0.1, 0.15) is 11.5 Å². The van der Waals surface area contributed by atoms with Crippen molar-refractivity contribution < 1.29 is 24.0 Å². The van der Waals surface area contributed by atoms with Gasteiger partial charge in [0.25, 0.3) is 0 Å². The highest BCUT2D eigenvalue weighted by Gasteiger charge is 2.18. The van der Waals surface area contributed by atoms with E-state index in [1.807, 2.05) is 0 Å². The minimum atomic E-state index is -1.42. The molecule has 29 heavy (non-hydrogen) atoms. The van der Waals surface area contributed by atoms with Crippen molar-refractivity contribution in [1.82, 2.24) is 5.16 Å².